The Kier molecular flexibility index (Phi) is 5.44. The predicted molar refractivity (Wildman–Crippen MR) is 70.1 cm³/mol. The third-order valence-corrected chi connectivity index (χ3v) is 4.44. The highest BCUT2D eigenvalue weighted by Gasteiger charge is 2.25. The van der Waals surface area contributed by atoms with E-state index in [-0.39, 0.29) is 6.04 Å². The second-order valence-corrected chi connectivity index (χ2v) is 6.59. The molecule has 1 atom stereocenters. The van der Waals surface area contributed by atoms with Gasteiger partial charge in [0.15, 0.2) is 0 Å². The van der Waals surface area contributed by atoms with Crippen LogP contribution in [0.4, 0.5) is 0 Å². The van der Waals surface area contributed by atoms with Crippen LogP contribution in [0.25, 0.3) is 0 Å². The van der Waals surface area contributed by atoms with Gasteiger partial charge in [-0.05, 0) is 19.3 Å². The zero-order valence-electron chi connectivity index (χ0n) is 10.6. The van der Waals surface area contributed by atoms with E-state index < -0.39 is 10.0 Å². The van der Waals surface area contributed by atoms with Gasteiger partial charge in [-0.15, -0.1) is 6.42 Å². The van der Waals surface area contributed by atoms with Crippen molar-refractivity contribution in [1.29, 1.82) is 0 Å². The molecule has 98 valence electrons. The maximum absolute atomic E-state index is 11.3. The number of sulfonamides is 1. The number of nitrogens with one attached hydrogen (secondary N) is 1. The van der Waals surface area contributed by atoms with Crippen molar-refractivity contribution in [2.24, 2.45) is 0 Å². The maximum Gasteiger partial charge on any atom is 0.211 e. The fourth-order valence-corrected chi connectivity index (χ4v) is 3.02. The van der Waals surface area contributed by atoms with E-state index in [4.69, 9.17) is 6.42 Å². The first-order chi connectivity index (χ1) is 7.97. The Balaban J connectivity index is 2.40. The van der Waals surface area contributed by atoms with Gasteiger partial charge in [0.2, 0.25) is 10.0 Å². The van der Waals surface area contributed by atoms with Crippen LogP contribution >= 0.6 is 0 Å². The van der Waals surface area contributed by atoms with E-state index >= 15 is 0 Å². The van der Waals surface area contributed by atoms with Crippen molar-refractivity contribution in [1.82, 2.24) is 9.62 Å². The van der Waals surface area contributed by atoms with Crippen molar-refractivity contribution in [2.45, 2.75) is 44.7 Å². The van der Waals surface area contributed by atoms with Crippen molar-refractivity contribution in [2.75, 3.05) is 19.3 Å². The molecule has 4 nitrogen and oxygen atoms in total. The number of hydrogen-bond acceptors (Lipinski definition) is 3. The highest BCUT2D eigenvalue weighted by Crippen LogP contribution is 2.14. The van der Waals surface area contributed by atoms with Gasteiger partial charge in [-0.2, -0.15) is 0 Å². The first-order valence-corrected chi connectivity index (χ1v) is 7.99. The Morgan fingerprint density at radius 3 is 2.47 bits per heavy atom. The summed E-state index contributed by atoms with van der Waals surface area (Å²) in [5.74, 6) is 2.75. The summed E-state index contributed by atoms with van der Waals surface area (Å²) < 4.78 is 24.2. The summed E-state index contributed by atoms with van der Waals surface area (Å²) in [6.45, 7) is 3.30. The fraction of sp³-hybridized carbons (Fsp3) is 0.833. The van der Waals surface area contributed by atoms with Gasteiger partial charge in [-0.1, -0.05) is 19.3 Å². The minimum Gasteiger partial charge on any atom is -0.301 e. The van der Waals surface area contributed by atoms with Crippen molar-refractivity contribution in [3.8, 4) is 12.3 Å². The minimum absolute atomic E-state index is 0.120. The molecule has 0 aromatic rings. The Morgan fingerprint density at radius 1 is 1.47 bits per heavy atom. The molecule has 1 unspecified atom stereocenters. The van der Waals surface area contributed by atoms with E-state index in [2.05, 4.69) is 18.2 Å². The molecule has 1 aliphatic heterocycles. The van der Waals surface area contributed by atoms with E-state index in [9.17, 15) is 8.42 Å². The number of terminal acetylenes is 1. The van der Waals surface area contributed by atoms with Gasteiger partial charge in [0.1, 0.15) is 0 Å². The van der Waals surface area contributed by atoms with E-state index in [0.29, 0.717) is 19.1 Å². The first kappa shape index (κ1) is 14.5. The monoisotopic (exact) mass is 258 g/mol. The summed E-state index contributed by atoms with van der Waals surface area (Å²) in [5, 5.41) is 3.42. The van der Waals surface area contributed by atoms with Crippen LogP contribution in [0.15, 0.2) is 0 Å². The van der Waals surface area contributed by atoms with Crippen LogP contribution in [0.5, 0.6) is 0 Å². The summed E-state index contributed by atoms with van der Waals surface area (Å²) >= 11 is 0. The largest absolute Gasteiger partial charge is 0.301 e. The standard InChI is InChI=1S/C12H22N2O2S/c1-4-6-11(5-2)13-12-7-9-14(10-8-12)17(3,15)16/h2,11-13H,4,6-10H2,1,3H3. The summed E-state index contributed by atoms with van der Waals surface area (Å²) in [6, 6.07) is 0.468. The molecular weight excluding hydrogens is 236 g/mol. The Bertz CT molecular complexity index is 364. The van der Waals surface area contributed by atoms with E-state index in [1.807, 2.05) is 0 Å². The van der Waals surface area contributed by atoms with Crippen LogP contribution in [0.3, 0.4) is 0 Å². The first-order valence-electron chi connectivity index (χ1n) is 6.14. The summed E-state index contributed by atoms with van der Waals surface area (Å²) in [6.07, 6.45) is 10.4. The molecular formula is C12H22N2O2S. The molecule has 0 aromatic carbocycles. The van der Waals surface area contributed by atoms with E-state index in [1.165, 1.54) is 10.6 Å². The molecule has 0 aromatic heterocycles. The number of rotatable bonds is 5. The molecule has 0 saturated carbocycles. The van der Waals surface area contributed by atoms with Crippen LogP contribution in [-0.2, 0) is 10.0 Å². The molecule has 0 amide bonds. The topological polar surface area (TPSA) is 49.4 Å². The van der Waals surface area contributed by atoms with Crippen molar-refractivity contribution in [3.05, 3.63) is 0 Å². The predicted octanol–water partition coefficient (Wildman–Crippen LogP) is 0.802. The lowest BCUT2D eigenvalue weighted by molar-refractivity contribution is 0.281. The van der Waals surface area contributed by atoms with Crippen molar-refractivity contribution >= 4 is 10.0 Å². The molecule has 0 bridgehead atoms. The number of hydrogen-bond donors (Lipinski definition) is 1. The lowest BCUT2D eigenvalue weighted by Gasteiger charge is -2.32. The quantitative estimate of drug-likeness (QED) is 0.742. The number of piperidine rings is 1. The second-order valence-electron chi connectivity index (χ2n) is 4.61. The average Bonchev–Trinajstić information content (AvgIpc) is 2.28. The summed E-state index contributed by atoms with van der Waals surface area (Å²) in [4.78, 5) is 0. The highest BCUT2D eigenvalue weighted by molar-refractivity contribution is 7.88. The summed E-state index contributed by atoms with van der Waals surface area (Å²) in [7, 11) is -3.03. The minimum atomic E-state index is -3.03. The molecule has 1 heterocycles. The molecule has 1 aliphatic rings. The maximum atomic E-state index is 11.3. The van der Waals surface area contributed by atoms with Crippen LogP contribution in [0.2, 0.25) is 0 Å². The second kappa shape index (κ2) is 6.39. The fourth-order valence-electron chi connectivity index (χ4n) is 2.14. The lowest BCUT2D eigenvalue weighted by atomic mass is 10.0. The molecule has 0 spiro atoms. The van der Waals surface area contributed by atoms with Crippen molar-refractivity contribution in [3.63, 3.8) is 0 Å². The number of nitrogens with zero attached hydrogens (tertiary/aromatic N) is 1. The Morgan fingerprint density at radius 2 is 2.06 bits per heavy atom. The highest BCUT2D eigenvalue weighted by atomic mass is 32.2. The molecule has 17 heavy (non-hydrogen) atoms. The van der Waals surface area contributed by atoms with Crippen LogP contribution < -0.4 is 5.32 Å². The van der Waals surface area contributed by atoms with Gasteiger partial charge in [-0.3, -0.25) is 0 Å². The van der Waals surface area contributed by atoms with Crippen molar-refractivity contribution < 1.29 is 8.42 Å². The molecule has 1 rings (SSSR count). The van der Waals surface area contributed by atoms with Gasteiger partial charge in [-0.25, -0.2) is 12.7 Å². The Labute approximate surface area is 105 Å². The van der Waals surface area contributed by atoms with E-state index in [1.54, 1.807) is 0 Å². The smallest absolute Gasteiger partial charge is 0.211 e. The van der Waals surface area contributed by atoms with Gasteiger partial charge >= 0.3 is 0 Å². The zero-order chi connectivity index (χ0) is 12.9. The molecule has 0 radical (unpaired) electrons. The van der Waals surface area contributed by atoms with E-state index in [0.717, 1.165) is 25.7 Å². The van der Waals surface area contributed by atoms with Crippen LogP contribution in [0, 0.1) is 12.3 Å². The zero-order valence-corrected chi connectivity index (χ0v) is 11.5. The van der Waals surface area contributed by atoms with Crippen LogP contribution in [-0.4, -0.2) is 44.2 Å². The SMILES string of the molecule is C#CC(CCC)NC1CCN(S(C)(=O)=O)CC1. The van der Waals surface area contributed by atoms with Gasteiger partial charge < -0.3 is 5.32 Å². The molecule has 1 saturated heterocycles. The molecule has 1 N–H and O–H groups in total. The molecule has 1 fully saturated rings. The Hall–Kier alpha value is -0.570. The molecule has 5 heteroatoms. The molecule has 0 aliphatic carbocycles. The van der Waals surface area contributed by atoms with Gasteiger partial charge in [0.05, 0.1) is 12.3 Å². The van der Waals surface area contributed by atoms with Gasteiger partial charge in [0.25, 0.3) is 0 Å². The summed E-state index contributed by atoms with van der Waals surface area (Å²) in [5.41, 5.74) is 0. The average molecular weight is 258 g/mol. The van der Waals surface area contributed by atoms with Crippen LogP contribution in [0.1, 0.15) is 32.6 Å². The third kappa shape index (κ3) is 4.66. The normalized spacial score (nSPS) is 21.0. The van der Waals surface area contributed by atoms with Gasteiger partial charge in [0, 0.05) is 19.1 Å². The lowest BCUT2D eigenvalue weighted by Crippen LogP contribution is -2.47. The third-order valence-electron chi connectivity index (χ3n) is 3.14.